The maximum Gasteiger partial charge on any atom is 0.342 e. The molecule has 1 aromatic heterocycles. The van der Waals surface area contributed by atoms with Crippen molar-refractivity contribution < 1.29 is 43.5 Å². The molecule has 3 aromatic carbocycles. The quantitative estimate of drug-likeness (QED) is 0.0485. The molecule has 0 saturated heterocycles. The van der Waals surface area contributed by atoms with Gasteiger partial charge in [0.1, 0.15) is 28.4 Å². The third-order valence-electron chi connectivity index (χ3n) is 7.31. The van der Waals surface area contributed by atoms with E-state index < -0.39 is 5.97 Å². The lowest BCUT2D eigenvalue weighted by atomic mass is 10.1. The lowest BCUT2D eigenvalue weighted by Crippen LogP contribution is -2.27. The first-order chi connectivity index (χ1) is 23.4. The lowest BCUT2D eigenvalue weighted by molar-refractivity contribution is -0.120. The van der Waals surface area contributed by atoms with Gasteiger partial charge in [0.25, 0.3) is 0 Å². The Kier molecular flexibility index (Phi) is 14.6. The number of esters is 1. The van der Waals surface area contributed by atoms with Gasteiger partial charge in [-0.15, -0.1) is 0 Å². The number of rotatable bonds is 17. The summed E-state index contributed by atoms with van der Waals surface area (Å²) in [5.41, 5.74) is 3.19. The van der Waals surface area contributed by atoms with Crippen LogP contribution < -0.4 is 14.8 Å². The van der Waals surface area contributed by atoms with E-state index in [-0.39, 0.29) is 45.3 Å². The maximum absolute atomic E-state index is 13.5. The largest absolute Gasteiger partial charge is 0.497 e. The molecular weight excluding hydrogens is 729 g/mol. The van der Waals surface area contributed by atoms with E-state index in [1.54, 1.807) is 31.4 Å². The molecule has 4 rings (SSSR count). The van der Waals surface area contributed by atoms with Gasteiger partial charge in [-0.05, 0) is 102 Å². The first-order valence-corrected chi connectivity index (χ1v) is 16.9. The van der Waals surface area contributed by atoms with E-state index in [4.69, 9.17) is 23.7 Å². The Labute approximate surface area is 293 Å². The minimum Gasteiger partial charge on any atom is -0.497 e. The van der Waals surface area contributed by atoms with E-state index in [0.29, 0.717) is 71.5 Å². The molecule has 0 saturated carbocycles. The number of aryl methyl sites for hydroxylation is 2. The van der Waals surface area contributed by atoms with Crippen molar-refractivity contribution in [3.05, 3.63) is 86.2 Å². The fraction of sp³-hybridized carbons (Fsp3) is 0.351. The molecule has 0 aliphatic heterocycles. The number of unbranched alkanes of at least 4 members (excludes halogenated alkanes) is 1. The molecule has 1 heterocycles. The molecule has 4 N–H and O–H groups in total. The maximum atomic E-state index is 13.5. The third kappa shape index (κ3) is 10.5. The fourth-order valence-corrected chi connectivity index (χ4v) is 5.77. The van der Waals surface area contributed by atoms with Crippen molar-refractivity contribution in [1.29, 1.82) is 0 Å². The summed E-state index contributed by atoms with van der Waals surface area (Å²) in [7, 11) is 1.62. The number of methoxy groups -OCH3 is 1. The average Bonchev–Trinajstić information content (AvgIpc) is 3.46. The Morgan fingerprint density at radius 1 is 0.896 bits per heavy atom. The molecule has 0 fully saturated rings. The van der Waals surface area contributed by atoms with Crippen molar-refractivity contribution in [1.82, 2.24) is 5.32 Å². The van der Waals surface area contributed by atoms with Crippen LogP contribution in [0.1, 0.15) is 58.5 Å². The highest BCUT2D eigenvalue weighted by molar-refractivity contribution is 14.1. The Morgan fingerprint density at radius 3 is 2.40 bits per heavy atom. The number of halogens is 1. The smallest absolute Gasteiger partial charge is 0.342 e. The first-order valence-electron chi connectivity index (χ1n) is 15.8. The zero-order chi connectivity index (χ0) is 34.3. The zero-order valence-corrected chi connectivity index (χ0v) is 29.0. The second-order valence-corrected chi connectivity index (χ2v) is 12.1. The van der Waals surface area contributed by atoms with Crippen LogP contribution in [0.4, 0.5) is 0 Å². The molecule has 0 aliphatic carbocycles. The van der Waals surface area contributed by atoms with Crippen molar-refractivity contribution >= 4 is 45.4 Å². The molecule has 0 atom stereocenters. The second kappa shape index (κ2) is 19.0. The van der Waals surface area contributed by atoms with Gasteiger partial charge in [-0.1, -0.05) is 24.0 Å². The van der Waals surface area contributed by atoms with Crippen LogP contribution in [0.15, 0.2) is 59.0 Å². The minimum absolute atomic E-state index is 0.0269. The fourth-order valence-electron chi connectivity index (χ4n) is 4.97. The van der Waals surface area contributed by atoms with E-state index in [1.165, 1.54) is 0 Å². The number of nitrogens with one attached hydrogen (secondary N) is 1. The predicted molar refractivity (Wildman–Crippen MR) is 189 cm³/mol. The van der Waals surface area contributed by atoms with Gasteiger partial charge in [0.2, 0.25) is 5.91 Å². The van der Waals surface area contributed by atoms with Crippen molar-refractivity contribution in [2.24, 2.45) is 0 Å². The number of hydrogen-bond donors (Lipinski definition) is 4. The van der Waals surface area contributed by atoms with Gasteiger partial charge in [-0.2, -0.15) is 0 Å². The predicted octanol–water partition coefficient (Wildman–Crippen LogP) is 5.33. The minimum atomic E-state index is -0.512. The molecule has 0 aliphatic rings. The SMILES string of the molecule is COc1ccc(CCCOC(=O)c2c(CCCO)oc3ccc(Oc4c(I)cc(CC(=O)NCCO)cc4C#CCCCO)cc23)cc1. The molecule has 48 heavy (non-hydrogen) atoms. The van der Waals surface area contributed by atoms with Gasteiger partial charge in [-0.25, -0.2) is 4.79 Å². The van der Waals surface area contributed by atoms with E-state index in [2.05, 4.69) is 39.7 Å². The van der Waals surface area contributed by atoms with Gasteiger partial charge in [-0.3, -0.25) is 4.79 Å². The average molecular weight is 770 g/mol. The van der Waals surface area contributed by atoms with Crippen LogP contribution >= 0.6 is 22.6 Å². The summed E-state index contributed by atoms with van der Waals surface area (Å²) in [5.74, 6) is 7.58. The topological polar surface area (TPSA) is 148 Å². The molecule has 10 nitrogen and oxygen atoms in total. The number of ether oxygens (including phenoxy) is 3. The number of furan rings is 1. The molecule has 0 bridgehead atoms. The number of benzene rings is 3. The molecule has 0 radical (unpaired) electrons. The van der Waals surface area contributed by atoms with Crippen molar-refractivity contribution in [2.75, 3.05) is 40.1 Å². The highest BCUT2D eigenvalue weighted by atomic mass is 127. The van der Waals surface area contributed by atoms with Crippen LogP contribution in [0, 0.1) is 15.4 Å². The van der Waals surface area contributed by atoms with Crippen LogP contribution in [0.5, 0.6) is 17.2 Å². The van der Waals surface area contributed by atoms with Crippen LogP contribution in [0.25, 0.3) is 11.0 Å². The summed E-state index contributed by atoms with van der Waals surface area (Å²) in [6.07, 6.45) is 3.25. The zero-order valence-electron chi connectivity index (χ0n) is 26.9. The summed E-state index contributed by atoms with van der Waals surface area (Å²) in [5, 5.41) is 30.9. The second-order valence-electron chi connectivity index (χ2n) is 10.9. The number of aliphatic hydroxyl groups excluding tert-OH is 3. The third-order valence-corrected chi connectivity index (χ3v) is 8.11. The number of aliphatic hydroxyl groups is 3. The van der Waals surface area contributed by atoms with Crippen LogP contribution in [-0.4, -0.2) is 67.3 Å². The van der Waals surface area contributed by atoms with Gasteiger partial charge in [0.05, 0.1) is 35.9 Å². The summed E-state index contributed by atoms with van der Waals surface area (Å²) in [6, 6.07) is 16.6. The highest BCUT2D eigenvalue weighted by Gasteiger charge is 2.23. The lowest BCUT2D eigenvalue weighted by Gasteiger charge is -2.13. The standard InChI is InChI=1S/C37H40INO9/c1-45-28-12-10-25(11-13-28)7-6-20-46-37(44)35-30-24-29(14-15-32(30)48-33(35)9-5-18-41)47-36-27(8-3-2-4-17-40)21-26(22-31(36)38)23-34(43)39-16-19-42/h10-15,21-22,24,40-42H,2,4-7,9,16-20,23H2,1H3,(H,39,43). The summed E-state index contributed by atoms with van der Waals surface area (Å²) in [6.45, 7) is 0.211. The summed E-state index contributed by atoms with van der Waals surface area (Å²) in [4.78, 5) is 25.8. The molecule has 11 heteroatoms. The molecule has 0 spiro atoms. The first kappa shape index (κ1) is 36.7. The summed E-state index contributed by atoms with van der Waals surface area (Å²) < 4.78 is 24.1. The van der Waals surface area contributed by atoms with Gasteiger partial charge < -0.3 is 39.3 Å². The van der Waals surface area contributed by atoms with E-state index >= 15 is 0 Å². The van der Waals surface area contributed by atoms with Crippen molar-refractivity contribution in [2.45, 2.75) is 44.9 Å². The van der Waals surface area contributed by atoms with E-state index in [0.717, 1.165) is 26.9 Å². The molecule has 1 amide bonds. The number of carbonyl (C=O) groups excluding carboxylic acids is 2. The van der Waals surface area contributed by atoms with E-state index in [1.807, 2.05) is 30.3 Å². The number of fused-ring (bicyclic) bond motifs is 1. The van der Waals surface area contributed by atoms with Crippen molar-refractivity contribution in [3.8, 4) is 29.1 Å². The number of carbonyl (C=O) groups is 2. The van der Waals surface area contributed by atoms with Gasteiger partial charge in [0.15, 0.2) is 5.75 Å². The normalized spacial score (nSPS) is 10.8. The van der Waals surface area contributed by atoms with Gasteiger partial charge >= 0.3 is 5.97 Å². The Bertz CT molecular complexity index is 1740. The Hall–Kier alpha value is -4.09. The van der Waals surface area contributed by atoms with Crippen molar-refractivity contribution in [3.63, 3.8) is 0 Å². The highest BCUT2D eigenvalue weighted by Crippen LogP contribution is 2.36. The van der Waals surface area contributed by atoms with Crippen LogP contribution in [-0.2, 0) is 28.8 Å². The molecule has 0 unspecified atom stereocenters. The molecular formula is C37H40INO9. The van der Waals surface area contributed by atoms with Crippen LogP contribution in [0.2, 0.25) is 0 Å². The van der Waals surface area contributed by atoms with Gasteiger partial charge in [0, 0.05) is 38.0 Å². The van der Waals surface area contributed by atoms with E-state index in [9.17, 15) is 19.8 Å². The molecule has 254 valence electrons. The Balaban J connectivity index is 1.58. The molecule has 4 aromatic rings. The monoisotopic (exact) mass is 769 g/mol. The number of hydrogen-bond acceptors (Lipinski definition) is 9. The number of amides is 1. The van der Waals surface area contributed by atoms with Crippen LogP contribution in [0.3, 0.4) is 0 Å². The Morgan fingerprint density at radius 2 is 1.67 bits per heavy atom. The summed E-state index contributed by atoms with van der Waals surface area (Å²) >= 11 is 2.14.